The molecule has 0 unspecified atom stereocenters. The molecule has 9 heteroatoms. The van der Waals surface area contributed by atoms with E-state index in [4.69, 9.17) is 4.42 Å². The molecule has 7 nitrogen and oxygen atoms in total. The number of rotatable bonds is 7. The Morgan fingerprint density at radius 1 is 1.21 bits per heavy atom. The fourth-order valence-corrected chi connectivity index (χ4v) is 4.58. The van der Waals surface area contributed by atoms with Gasteiger partial charge in [0.05, 0.1) is 12.0 Å². The molecule has 3 heterocycles. The standard InChI is InChI=1S/C20H17N5O2S2/c26-19(21-13-8-9-13)15-11-28-17(22-15)12-29-20-24-23-18(16-7-4-10-27-16)25(20)14-5-2-1-3-6-14/h1-7,10-11,13H,8-9,12H2,(H,21,26). The molecule has 1 saturated carbocycles. The van der Waals surface area contributed by atoms with Crippen molar-refractivity contribution >= 4 is 29.0 Å². The summed E-state index contributed by atoms with van der Waals surface area (Å²) in [6, 6.07) is 13.9. The Bertz CT molecular complexity index is 1120. The maximum absolute atomic E-state index is 12.1. The van der Waals surface area contributed by atoms with Crippen LogP contribution < -0.4 is 5.32 Å². The topological polar surface area (TPSA) is 85.8 Å². The normalized spacial score (nSPS) is 13.5. The summed E-state index contributed by atoms with van der Waals surface area (Å²) in [6.45, 7) is 0. The minimum absolute atomic E-state index is 0.0902. The van der Waals surface area contributed by atoms with Crippen molar-refractivity contribution in [3.63, 3.8) is 0 Å². The average molecular weight is 424 g/mol. The molecule has 0 spiro atoms. The molecule has 0 bridgehead atoms. The van der Waals surface area contributed by atoms with Gasteiger partial charge in [-0.15, -0.1) is 21.5 Å². The fourth-order valence-electron chi connectivity index (χ4n) is 2.83. The highest BCUT2D eigenvalue weighted by molar-refractivity contribution is 7.98. The first-order chi connectivity index (χ1) is 14.3. The Kier molecular flexibility index (Phi) is 4.91. The van der Waals surface area contributed by atoms with Gasteiger partial charge in [-0.05, 0) is 37.1 Å². The summed E-state index contributed by atoms with van der Waals surface area (Å²) < 4.78 is 7.51. The Morgan fingerprint density at radius 3 is 2.83 bits per heavy atom. The maximum Gasteiger partial charge on any atom is 0.270 e. The Morgan fingerprint density at radius 2 is 2.07 bits per heavy atom. The third kappa shape index (κ3) is 3.96. The summed E-state index contributed by atoms with van der Waals surface area (Å²) in [4.78, 5) is 16.6. The van der Waals surface area contributed by atoms with Gasteiger partial charge >= 0.3 is 0 Å². The van der Waals surface area contributed by atoms with E-state index in [0.717, 1.165) is 28.7 Å². The first kappa shape index (κ1) is 18.1. The van der Waals surface area contributed by atoms with Crippen LogP contribution in [-0.4, -0.2) is 31.7 Å². The molecule has 29 heavy (non-hydrogen) atoms. The lowest BCUT2D eigenvalue weighted by molar-refractivity contribution is 0.0946. The molecule has 0 saturated heterocycles. The number of thioether (sulfide) groups is 1. The first-order valence-corrected chi connectivity index (χ1v) is 11.1. The largest absolute Gasteiger partial charge is 0.461 e. The number of nitrogens with zero attached hydrogens (tertiary/aromatic N) is 4. The molecule has 1 aromatic carbocycles. The number of carbonyl (C=O) groups is 1. The molecule has 4 aromatic rings. The molecule has 1 amide bonds. The van der Waals surface area contributed by atoms with Crippen molar-refractivity contribution < 1.29 is 9.21 Å². The molecule has 5 rings (SSSR count). The van der Waals surface area contributed by atoms with Gasteiger partial charge in [0.25, 0.3) is 5.91 Å². The molecule has 0 atom stereocenters. The predicted octanol–water partition coefficient (Wildman–Crippen LogP) is 4.17. The van der Waals surface area contributed by atoms with Crippen LogP contribution in [0.4, 0.5) is 0 Å². The zero-order valence-corrected chi connectivity index (χ0v) is 16.9. The number of hydrogen-bond donors (Lipinski definition) is 1. The molecule has 0 radical (unpaired) electrons. The molecule has 146 valence electrons. The molecular weight excluding hydrogens is 406 g/mol. The van der Waals surface area contributed by atoms with Gasteiger partial charge < -0.3 is 9.73 Å². The van der Waals surface area contributed by atoms with Crippen LogP contribution in [0.1, 0.15) is 28.3 Å². The molecule has 0 aliphatic heterocycles. The second kappa shape index (κ2) is 7.84. The van der Waals surface area contributed by atoms with Gasteiger partial charge in [-0.3, -0.25) is 9.36 Å². The molecular formula is C20H17N5O2S2. The van der Waals surface area contributed by atoms with Crippen LogP contribution in [-0.2, 0) is 5.75 Å². The number of nitrogens with one attached hydrogen (secondary N) is 1. The Labute approximate surface area is 175 Å². The highest BCUT2D eigenvalue weighted by atomic mass is 32.2. The molecule has 1 fully saturated rings. The lowest BCUT2D eigenvalue weighted by Crippen LogP contribution is -2.25. The van der Waals surface area contributed by atoms with Crippen LogP contribution in [0.25, 0.3) is 17.3 Å². The second-order valence-corrected chi connectivity index (χ2v) is 8.50. The molecule has 1 N–H and O–H groups in total. The number of thiazole rings is 1. The van der Waals surface area contributed by atoms with Gasteiger partial charge in [-0.2, -0.15) is 0 Å². The van der Waals surface area contributed by atoms with Crippen LogP contribution in [0.2, 0.25) is 0 Å². The summed E-state index contributed by atoms with van der Waals surface area (Å²) in [6.07, 6.45) is 3.74. The number of furan rings is 1. The van der Waals surface area contributed by atoms with Crippen molar-refractivity contribution in [3.8, 4) is 17.3 Å². The number of hydrogen-bond acceptors (Lipinski definition) is 7. The van der Waals surface area contributed by atoms with Crippen molar-refractivity contribution in [3.05, 3.63) is 64.8 Å². The molecule has 1 aliphatic carbocycles. The Hall–Kier alpha value is -2.91. The summed E-state index contributed by atoms with van der Waals surface area (Å²) >= 11 is 3.01. The van der Waals surface area contributed by atoms with Gasteiger partial charge in [0.15, 0.2) is 10.9 Å². The van der Waals surface area contributed by atoms with E-state index >= 15 is 0 Å². The van der Waals surface area contributed by atoms with Gasteiger partial charge in [0.1, 0.15) is 10.7 Å². The minimum atomic E-state index is -0.0902. The zero-order valence-electron chi connectivity index (χ0n) is 15.3. The average Bonchev–Trinajstić information content (AvgIpc) is 3.18. The fraction of sp³-hybridized carbons (Fsp3) is 0.200. The van der Waals surface area contributed by atoms with Gasteiger partial charge in [0.2, 0.25) is 5.82 Å². The van der Waals surface area contributed by atoms with E-state index in [1.165, 1.54) is 23.1 Å². The Balaban J connectivity index is 1.37. The second-order valence-electron chi connectivity index (χ2n) is 6.62. The lowest BCUT2D eigenvalue weighted by Gasteiger charge is -2.08. The molecule has 1 aliphatic rings. The highest BCUT2D eigenvalue weighted by Crippen LogP contribution is 2.30. The molecule has 3 aromatic heterocycles. The lowest BCUT2D eigenvalue weighted by atomic mass is 10.3. The minimum Gasteiger partial charge on any atom is -0.461 e. The number of aromatic nitrogens is 4. The summed E-state index contributed by atoms with van der Waals surface area (Å²) in [5.74, 6) is 1.81. The van der Waals surface area contributed by atoms with E-state index in [0.29, 0.717) is 29.1 Å². The summed E-state index contributed by atoms with van der Waals surface area (Å²) in [5, 5.41) is 15.1. The van der Waals surface area contributed by atoms with E-state index in [1.54, 1.807) is 6.26 Å². The van der Waals surface area contributed by atoms with E-state index in [1.807, 2.05) is 52.4 Å². The van der Waals surface area contributed by atoms with Crippen molar-refractivity contribution in [2.75, 3.05) is 0 Å². The van der Waals surface area contributed by atoms with Crippen molar-refractivity contribution in [2.24, 2.45) is 0 Å². The number of amides is 1. The number of carbonyl (C=O) groups excluding carboxylic acids is 1. The maximum atomic E-state index is 12.1. The van der Waals surface area contributed by atoms with Crippen LogP contribution in [0.3, 0.4) is 0 Å². The number of benzene rings is 1. The van der Waals surface area contributed by atoms with E-state index < -0.39 is 0 Å². The van der Waals surface area contributed by atoms with Gasteiger partial charge in [-0.25, -0.2) is 4.98 Å². The zero-order chi connectivity index (χ0) is 19.6. The van der Waals surface area contributed by atoms with Crippen LogP contribution in [0.5, 0.6) is 0 Å². The summed E-state index contributed by atoms with van der Waals surface area (Å²) in [7, 11) is 0. The third-order valence-corrected chi connectivity index (χ3v) is 6.38. The summed E-state index contributed by atoms with van der Waals surface area (Å²) in [5.41, 5.74) is 1.44. The van der Waals surface area contributed by atoms with E-state index in [9.17, 15) is 4.79 Å². The van der Waals surface area contributed by atoms with Crippen LogP contribution in [0.15, 0.2) is 63.7 Å². The van der Waals surface area contributed by atoms with Crippen LogP contribution >= 0.6 is 23.1 Å². The van der Waals surface area contributed by atoms with Crippen molar-refractivity contribution in [1.29, 1.82) is 0 Å². The number of para-hydroxylation sites is 1. The highest BCUT2D eigenvalue weighted by Gasteiger charge is 2.25. The third-order valence-electron chi connectivity index (χ3n) is 4.41. The van der Waals surface area contributed by atoms with E-state index in [2.05, 4.69) is 20.5 Å². The van der Waals surface area contributed by atoms with Crippen LogP contribution in [0, 0.1) is 0 Å². The quantitative estimate of drug-likeness (QED) is 0.449. The van der Waals surface area contributed by atoms with Gasteiger partial charge in [0, 0.05) is 17.1 Å². The predicted molar refractivity (Wildman–Crippen MR) is 111 cm³/mol. The monoisotopic (exact) mass is 423 g/mol. The SMILES string of the molecule is O=C(NC1CC1)c1csc(CSc2nnc(-c3ccco3)n2-c2ccccc2)n1. The van der Waals surface area contributed by atoms with Gasteiger partial charge in [-0.1, -0.05) is 30.0 Å². The van der Waals surface area contributed by atoms with Crippen molar-refractivity contribution in [1.82, 2.24) is 25.1 Å². The van der Waals surface area contributed by atoms with Crippen molar-refractivity contribution in [2.45, 2.75) is 29.8 Å². The smallest absolute Gasteiger partial charge is 0.270 e. The van der Waals surface area contributed by atoms with E-state index in [-0.39, 0.29) is 5.91 Å². The first-order valence-electron chi connectivity index (χ1n) is 9.21.